The second kappa shape index (κ2) is 8.69. The van der Waals surface area contributed by atoms with Gasteiger partial charge in [0.1, 0.15) is 6.17 Å². The van der Waals surface area contributed by atoms with Crippen molar-refractivity contribution in [3.8, 4) is 0 Å². The predicted octanol–water partition coefficient (Wildman–Crippen LogP) is 5.25. The van der Waals surface area contributed by atoms with Gasteiger partial charge in [0, 0.05) is 29.6 Å². The maximum Gasteiger partial charge on any atom is 0.339 e. The number of nitrogens with zero attached hydrogens (tertiary/aromatic N) is 2. The highest BCUT2D eigenvalue weighted by atomic mass is 16.5. The molecule has 33 heavy (non-hydrogen) atoms. The Hall–Kier alpha value is -3.09. The van der Waals surface area contributed by atoms with E-state index in [-0.39, 0.29) is 17.6 Å². The third-order valence-electron chi connectivity index (χ3n) is 7.31. The van der Waals surface area contributed by atoms with Crippen LogP contribution < -0.4 is 5.32 Å². The van der Waals surface area contributed by atoms with Crippen LogP contribution in [0.25, 0.3) is 16.5 Å². The van der Waals surface area contributed by atoms with Gasteiger partial charge < -0.3 is 19.8 Å². The number of nitrogens with one attached hydrogen (secondary N) is 1. The molecule has 2 atom stereocenters. The van der Waals surface area contributed by atoms with E-state index in [1.54, 1.807) is 0 Å². The summed E-state index contributed by atoms with van der Waals surface area (Å²) in [7, 11) is 1.44. The molecule has 2 aromatic carbocycles. The maximum atomic E-state index is 13.1. The van der Waals surface area contributed by atoms with E-state index in [1.807, 2.05) is 42.5 Å². The standard InChI is InChI=1S/C27H31N3O3/c1-3-27-15-9-17-29(32)26(27)30-23-13-8-7-12-20(23)21(24(30)22(18-27)25(31)33-2)14-16-28-19-10-5-4-6-11-19/h4-8,10-13,18,26,28,32H,3,9,14-17H2,1-2H3/t26-,27+/m1/s1. The Morgan fingerprint density at radius 1 is 1.18 bits per heavy atom. The summed E-state index contributed by atoms with van der Waals surface area (Å²) in [5.74, 6) is -0.322. The van der Waals surface area contributed by atoms with Gasteiger partial charge in [-0.2, -0.15) is 5.06 Å². The van der Waals surface area contributed by atoms with E-state index in [4.69, 9.17) is 4.74 Å². The second-order valence-corrected chi connectivity index (χ2v) is 9.03. The molecule has 0 unspecified atom stereocenters. The highest BCUT2D eigenvalue weighted by molar-refractivity contribution is 6.18. The number of ether oxygens (including phenoxy) is 1. The first-order valence-corrected chi connectivity index (χ1v) is 11.8. The van der Waals surface area contributed by atoms with Crippen molar-refractivity contribution in [3.05, 3.63) is 71.9 Å². The molecule has 1 fully saturated rings. The van der Waals surface area contributed by atoms with Crippen LogP contribution >= 0.6 is 0 Å². The van der Waals surface area contributed by atoms with Gasteiger partial charge in [0.05, 0.1) is 23.9 Å². The third-order valence-corrected chi connectivity index (χ3v) is 7.31. The number of anilines is 1. The number of aromatic nitrogens is 1. The molecule has 3 heterocycles. The highest BCUT2D eigenvalue weighted by Gasteiger charge is 2.49. The average Bonchev–Trinajstić information content (AvgIpc) is 3.18. The van der Waals surface area contributed by atoms with Crippen molar-refractivity contribution in [1.29, 1.82) is 0 Å². The average molecular weight is 446 g/mol. The van der Waals surface area contributed by atoms with E-state index < -0.39 is 0 Å². The summed E-state index contributed by atoms with van der Waals surface area (Å²) in [6.45, 7) is 3.48. The lowest BCUT2D eigenvalue weighted by atomic mass is 9.71. The van der Waals surface area contributed by atoms with E-state index in [2.05, 4.69) is 35.0 Å². The Labute approximate surface area is 194 Å². The Kier molecular flexibility index (Phi) is 5.72. The van der Waals surface area contributed by atoms with Gasteiger partial charge in [0.25, 0.3) is 0 Å². The molecule has 0 aliphatic carbocycles. The number of fused-ring (bicyclic) bond motifs is 5. The van der Waals surface area contributed by atoms with Gasteiger partial charge in [-0.25, -0.2) is 4.79 Å². The Bertz CT molecular complexity index is 1200. The first-order chi connectivity index (χ1) is 16.1. The largest absolute Gasteiger partial charge is 0.465 e. The number of hydrogen-bond acceptors (Lipinski definition) is 5. The second-order valence-electron chi connectivity index (χ2n) is 9.03. The van der Waals surface area contributed by atoms with Crippen molar-refractivity contribution in [2.45, 2.75) is 38.8 Å². The van der Waals surface area contributed by atoms with E-state index in [0.717, 1.165) is 60.1 Å². The lowest BCUT2D eigenvalue weighted by Crippen LogP contribution is -2.49. The quantitative estimate of drug-likeness (QED) is 0.508. The maximum absolute atomic E-state index is 13.1. The van der Waals surface area contributed by atoms with Crippen molar-refractivity contribution in [3.63, 3.8) is 0 Å². The molecular formula is C27H31N3O3. The number of para-hydroxylation sites is 2. The van der Waals surface area contributed by atoms with Gasteiger partial charge in [-0.3, -0.25) is 0 Å². The monoisotopic (exact) mass is 445 g/mol. The van der Waals surface area contributed by atoms with Crippen LogP contribution in [0, 0.1) is 5.41 Å². The van der Waals surface area contributed by atoms with Crippen molar-refractivity contribution >= 4 is 28.1 Å². The van der Waals surface area contributed by atoms with Gasteiger partial charge in [-0.15, -0.1) is 0 Å². The number of hydroxylamine groups is 2. The van der Waals surface area contributed by atoms with Crippen LogP contribution in [0.1, 0.15) is 43.6 Å². The van der Waals surface area contributed by atoms with E-state index in [9.17, 15) is 10.0 Å². The van der Waals surface area contributed by atoms with Crippen LogP contribution in [-0.2, 0) is 16.0 Å². The topological polar surface area (TPSA) is 66.7 Å². The molecule has 0 bridgehead atoms. The third kappa shape index (κ3) is 3.54. The van der Waals surface area contributed by atoms with Crippen molar-refractivity contribution in [2.24, 2.45) is 5.41 Å². The van der Waals surface area contributed by atoms with Gasteiger partial charge in [0.2, 0.25) is 0 Å². The van der Waals surface area contributed by atoms with Gasteiger partial charge in [-0.1, -0.05) is 49.4 Å². The molecule has 0 spiro atoms. The lowest BCUT2D eigenvalue weighted by Gasteiger charge is -2.49. The molecule has 6 nitrogen and oxygen atoms in total. The summed E-state index contributed by atoms with van der Waals surface area (Å²) in [6, 6.07) is 18.4. The molecule has 6 heteroatoms. The summed E-state index contributed by atoms with van der Waals surface area (Å²) < 4.78 is 7.45. The summed E-state index contributed by atoms with van der Waals surface area (Å²) >= 11 is 0. The number of hydrogen-bond donors (Lipinski definition) is 2. The zero-order valence-corrected chi connectivity index (χ0v) is 19.3. The normalized spacial score (nSPS) is 22.4. The molecule has 1 saturated heterocycles. The van der Waals surface area contributed by atoms with E-state index in [1.165, 1.54) is 12.2 Å². The van der Waals surface area contributed by atoms with Crippen LogP contribution in [0.2, 0.25) is 0 Å². The molecule has 2 aliphatic rings. The Balaban J connectivity index is 1.67. The summed E-state index contributed by atoms with van der Waals surface area (Å²) in [5, 5.41) is 17.2. The van der Waals surface area contributed by atoms with Gasteiger partial charge >= 0.3 is 5.97 Å². The predicted molar refractivity (Wildman–Crippen MR) is 130 cm³/mol. The highest BCUT2D eigenvalue weighted by Crippen LogP contribution is 2.53. The van der Waals surface area contributed by atoms with Crippen LogP contribution in [-0.4, -0.2) is 41.0 Å². The van der Waals surface area contributed by atoms with Crippen LogP contribution in [0.5, 0.6) is 0 Å². The lowest BCUT2D eigenvalue weighted by molar-refractivity contribution is -0.203. The number of benzene rings is 2. The van der Waals surface area contributed by atoms with E-state index in [0.29, 0.717) is 12.1 Å². The molecule has 5 rings (SSSR count). The van der Waals surface area contributed by atoms with E-state index >= 15 is 0 Å². The fraction of sp³-hybridized carbons (Fsp3) is 0.370. The number of esters is 1. The molecular weight excluding hydrogens is 414 g/mol. The summed E-state index contributed by atoms with van der Waals surface area (Å²) in [5.41, 5.74) is 4.36. The number of methoxy groups -OCH3 is 1. The van der Waals surface area contributed by atoms with Crippen molar-refractivity contribution < 1.29 is 14.7 Å². The zero-order chi connectivity index (χ0) is 23.0. The first-order valence-electron chi connectivity index (χ1n) is 11.8. The smallest absolute Gasteiger partial charge is 0.339 e. The SMILES string of the molecule is CC[C@]12C=C(C(=O)OC)c3c(CCNc4ccccc4)c4ccccc4n3[C@H]1N(O)CCC2. The molecule has 0 radical (unpaired) electrons. The zero-order valence-electron chi connectivity index (χ0n) is 19.3. The van der Waals surface area contributed by atoms with Gasteiger partial charge in [0.15, 0.2) is 0 Å². The number of carbonyl (C=O) groups excluding carboxylic acids is 1. The number of piperidine rings is 1. The minimum Gasteiger partial charge on any atom is -0.465 e. The molecule has 0 saturated carbocycles. The van der Waals surface area contributed by atoms with Gasteiger partial charge in [-0.05, 0) is 49.4 Å². The molecule has 3 aromatic rings. The minimum absolute atomic E-state index is 0.250. The Morgan fingerprint density at radius 3 is 2.70 bits per heavy atom. The van der Waals surface area contributed by atoms with Crippen LogP contribution in [0.15, 0.2) is 60.7 Å². The number of rotatable bonds is 6. The fourth-order valence-electron chi connectivity index (χ4n) is 5.76. The summed E-state index contributed by atoms with van der Waals surface area (Å²) in [6.07, 6.45) is 5.21. The number of carbonyl (C=O) groups is 1. The minimum atomic E-state index is -0.328. The molecule has 172 valence electrons. The fourth-order valence-corrected chi connectivity index (χ4v) is 5.76. The van der Waals surface area contributed by atoms with Crippen molar-refractivity contribution in [2.75, 3.05) is 25.5 Å². The first kappa shape index (κ1) is 21.7. The molecule has 0 amide bonds. The summed E-state index contributed by atoms with van der Waals surface area (Å²) in [4.78, 5) is 13.1. The van der Waals surface area contributed by atoms with Crippen molar-refractivity contribution in [1.82, 2.24) is 9.63 Å². The molecule has 2 N–H and O–H groups in total. The van der Waals surface area contributed by atoms with Crippen LogP contribution in [0.4, 0.5) is 5.69 Å². The molecule has 2 aliphatic heterocycles. The Morgan fingerprint density at radius 2 is 1.94 bits per heavy atom. The van der Waals surface area contributed by atoms with Crippen LogP contribution in [0.3, 0.4) is 0 Å². The molecule has 1 aromatic heterocycles.